The number of piperidine rings is 4. The molecule has 24 nitrogen and oxygen atoms in total. The van der Waals surface area contributed by atoms with Crippen LogP contribution in [0.3, 0.4) is 0 Å². The lowest BCUT2D eigenvalue weighted by atomic mass is 9.79. The lowest BCUT2D eigenvalue weighted by molar-refractivity contribution is -0.161. The molecule has 120 heavy (non-hydrogen) atoms. The van der Waals surface area contributed by atoms with Crippen molar-refractivity contribution in [3.63, 3.8) is 0 Å². The van der Waals surface area contributed by atoms with Crippen LogP contribution < -0.4 is 60.8 Å². The number of nitrogens with zero attached hydrogens (tertiary/aromatic N) is 4. The van der Waals surface area contributed by atoms with E-state index in [1.165, 1.54) is 57.5 Å². The van der Waals surface area contributed by atoms with Gasteiger partial charge in [-0.15, -0.1) is 0 Å². The number of carbonyl (C=O) groups excluding carboxylic acids is 4. The van der Waals surface area contributed by atoms with Crippen LogP contribution in [-0.4, -0.2) is 201 Å². The molecular formula is C96H152N8O16. The molecule has 672 valence electrons. The molecule has 16 atom stereocenters. The minimum absolute atomic E-state index is 0.00359. The molecule has 0 amide bonds. The summed E-state index contributed by atoms with van der Waals surface area (Å²) < 4.78 is 345. The molecule has 8 aliphatic rings. The molecule has 4 fully saturated rings. The molecule has 0 spiro atoms. The SMILES string of the molecule is [2H]C([2H])([2H])Oc1cc2c(cc1OC)C1N(CC2)C([2H])([2H])C([2H])(CC(C)C)C(OC(=O)[C@@H](N)C(C)C)C1([2H])[2H].[2H]C1([2H])C2c3cc(OC)c(OC)cc3CCN2C([2H])([2H])C([2H])(CC(C)C)C1OC(=O)[C@@H](N)C(C)C.[2H]c1c(OC)c(OC([2H])([2H])[2H])c([2H])c2c1C1([2H])CC([2H])(OC(=O)[C@@H](N)C(C)C)C(CC(C)C)CN1C([2H])([2H])C2([2H])[2H].[2H]c1c(OC)c(OC)c([2H])c2c1C1([2H])CC([2H])(OC(=O)[C@@H](N)C(C)C)C(CC(C)C)CN1C([2H])([2H])C2([2H])[2H]. The predicted octanol–water partition coefficient (Wildman–Crippen LogP) is 14.3. The minimum Gasteiger partial charge on any atom is -0.493 e. The van der Waals surface area contributed by atoms with Gasteiger partial charge in [-0.2, -0.15) is 0 Å². The molecule has 8 heterocycles. The van der Waals surface area contributed by atoms with Crippen molar-refractivity contribution in [2.75, 3.05) is 109 Å². The van der Waals surface area contributed by atoms with Gasteiger partial charge < -0.3 is 79.8 Å². The number of carbonyl (C=O) groups is 4. The second kappa shape index (κ2) is 43.9. The Labute approximate surface area is 763 Å². The van der Waals surface area contributed by atoms with Crippen molar-refractivity contribution in [3.05, 3.63) is 92.9 Å². The summed E-state index contributed by atoms with van der Waals surface area (Å²) in [7, 11) is 2.01. The molecule has 8 aliphatic heterocycles. The molecule has 4 aromatic carbocycles. The van der Waals surface area contributed by atoms with Crippen LogP contribution in [0.2, 0.25) is 0 Å². The smallest absolute Gasteiger partial charge is 0.323 e. The van der Waals surface area contributed by atoms with Gasteiger partial charge in [0.25, 0.3) is 0 Å². The Kier molecular flexibility index (Phi) is 22.1. The number of nitrogens with two attached hydrogens (primary N) is 4. The fraction of sp³-hybridized carbons (Fsp3) is 0.708. The molecule has 0 radical (unpaired) electrons. The molecule has 24 heteroatoms. The van der Waals surface area contributed by atoms with Crippen molar-refractivity contribution >= 4 is 23.9 Å². The predicted molar refractivity (Wildman–Crippen MR) is 471 cm³/mol. The van der Waals surface area contributed by atoms with E-state index in [0.717, 1.165) is 22.5 Å². The molecule has 0 saturated carbocycles. The third-order valence-electron chi connectivity index (χ3n) is 22.0. The van der Waals surface area contributed by atoms with Gasteiger partial charge in [0.2, 0.25) is 0 Å². The molecule has 4 saturated heterocycles. The van der Waals surface area contributed by atoms with Gasteiger partial charge in [0.15, 0.2) is 46.0 Å². The van der Waals surface area contributed by atoms with E-state index in [9.17, 15) is 32.9 Å². The Bertz CT molecular complexity index is 5630. The van der Waals surface area contributed by atoms with Gasteiger partial charge >= 0.3 is 23.9 Å². The van der Waals surface area contributed by atoms with E-state index in [1.807, 2.05) is 41.5 Å². The number of methoxy groups -OCH3 is 8. The lowest BCUT2D eigenvalue weighted by Gasteiger charge is -2.47. The zero-order valence-corrected chi connectivity index (χ0v) is 73.8. The van der Waals surface area contributed by atoms with E-state index in [2.05, 4.69) is 0 Å². The van der Waals surface area contributed by atoms with Crippen molar-refractivity contribution in [2.24, 2.45) is 93.9 Å². The van der Waals surface area contributed by atoms with Gasteiger partial charge in [-0.1, -0.05) is 111 Å². The first-order valence-corrected chi connectivity index (χ1v) is 41.5. The summed E-state index contributed by atoms with van der Waals surface area (Å²) >= 11 is 0. The molecule has 8 N–H and O–H groups in total. The highest BCUT2D eigenvalue weighted by Gasteiger charge is 2.47. The molecule has 0 bridgehead atoms. The van der Waals surface area contributed by atoms with Crippen LogP contribution in [0.15, 0.2) is 48.4 Å². The van der Waals surface area contributed by atoms with Crippen molar-refractivity contribution in [1.29, 1.82) is 0 Å². The summed E-state index contributed by atoms with van der Waals surface area (Å²) in [6.07, 6.45) is -18.4. The molecule has 0 aromatic heterocycles. The van der Waals surface area contributed by atoms with Crippen LogP contribution in [0, 0.1) is 71.0 Å². The van der Waals surface area contributed by atoms with Crippen LogP contribution >= 0.6 is 0 Å². The first-order valence-electron chi connectivity index (χ1n) is 57.5. The summed E-state index contributed by atoms with van der Waals surface area (Å²) in [4.78, 5) is 56.5. The van der Waals surface area contributed by atoms with Gasteiger partial charge in [-0.25, -0.2) is 0 Å². The Morgan fingerprint density at radius 1 is 0.408 bits per heavy atom. The first kappa shape index (κ1) is 60.4. The van der Waals surface area contributed by atoms with E-state index in [1.54, 1.807) is 81.4 Å². The Hall–Kier alpha value is -7.16. The van der Waals surface area contributed by atoms with E-state index in [0.29, 0.717) is 41.0 Å². The maximum absolute atomic E-state index is 13.0. The van der Waals surface area contributed by atoms with E-state index in [-0.39, 0.29) is 121 Å². The molecule has 12 unspecified atom stereocenters. The number of hydrogen-bond donors (Lipinski definition) is 4. The van der Waals surface area contributed by atoms with Gasteiger partial charge in [0.05, 0.1) is 75.9 Å². The average Bonchev–Trinajstić information content (AvgIpc) is 0.679. The standard InChI is InChI=1S/4C24H38N2O4/c4*1-14(2)9-17-13-26-8-7-16-10-21(28-5)22(29-6)11-18(16)19(26)12-20(17)30-24(27)23(25)15(3)4/h4*10-11,14-15,17,19-20,23H,7-9,12-13,25H2,1-6H3/t4*17?,19?,20?,23-/m0000/s1/i5D3,7D2,8D2,10D,11D,19D,20D;7D2,8D2,10D,11D,19D,20D;5D3,12D2,13D2,17D;12D2,13D2,17D. The van der Waals surface area contributed by atoms with Gasteiger partial charge in [-0.3, -0.25) is 38.8 Å². The van der Waals surface area contributed by atoms with E-state index >= 15 is 0 Å². The second-order valence-electron chi connectivity index (χ2n) is 34.3. The Morgan fingerprint density at radius 3 is 1.04 bits per heavy atom. The van der Waals surface area contributed by atoms with Crippen molar-refractivity contribution in [2.45, 2.75) is 260 Å². The number of ether oxygens (including phenoxy) is 12. The number of hydrogen-bond acceptors (Lipinski definition) is 24. The van der Waals surface area contributed by atoms with Crippen LogP contribution in [-0.2, 0) is 63.7 Å². The van der Waals surface area contributed by atoms with Gasteiger partial charge in [0, 0.05) is 150 Å². The lowest BCUT2D eigenvalue weighted by Crippen LogP contribution is -2.51. The number of esters is 4. The largest absolute Gasteiger partial charge is 0.493 e. The summed E-state index contributed by atoms with van der Waals surface area (Å²) in [6, 6.07) is -7.49. The maximum atomic E-state index is 13.0. The van der Waals surface area contributed by atoms with Crippen LogP contribution in [0.4, 0.5) is 0 Å². The normalized spacial score (nSPS) is 36.0. The third kappa shape index (κ3) is 23.8. The molecule has 0 aliphatic carbocycles. The Morgan fingerprint density at radius 2 is 0.717 bits per heavy atom. The number of fused-ring (bicyclic) bond motifs is 12. The van der Waals surface area contributed by atoms with Crippen LogP contribution in [0.1, 0.15) is 275 Å². The summed E-state index contributed by atoms with van der Waals surface area (Å²) in [5.41, 5.74) is 24.1. The third-order valence-corrected chi connectivity index (χ3v) is 22.0. The van der Waals surface area contributed by atoms with Crippen LogP contribution in [0.25, 0.3) is 0 Å². The summed E-state index contributed by atoms with van der Waals surface area (Å²) in [5.74, 6) is -11.8. The molecular weight excluding hydrogens is 1520 g/mol. The van der Waals surface area contributed by atoms with Gasteiger partial charge in [0.1, 0.15) is 48.5 Å². The molecule has 4 aromatic rings. The summed E-state index contributed by atoms with van der Waals surface area (Å²) in [5, 5.41) is 0. The van der Waals surface area contributed by atoms with E-state index in [4.69, 9.17) is 110 Å². The average molecular weight is 1710 g/mol. The van der Waals surface area contributed by atoms with Gasteiger partial charge in [-0.05, 0) is 192 Å². The van der Waals surface area contributed by atoms with Crippen LogP contribution in [0.5, 0.6) is 46.0 Å². The highest BCUT2D eigenvalue weighted by Crippen LogP contribution is 2.50. The topological polar surface area (TPSA) is 296 Å². The van der Waals surface area contributed by atoms with Crippen molar-refractivity contribution < 1.29 is 120 Å². The van der Waals surface area contributed by atoms with Crippen molar-refractivity contribution in [3.8, 4) is 46.0 Å². The fourth-order valence-corrected chi connectivity index (χ4v) is 15.1. The quantitative estimate of drug-likeness (QED) is 0.0303. The first-order chi connectivity index (χ1) is 69.2. The zero-order valence-electron chi connectivity index (χ0n) is 106. The molecule has 12 rings (SSSR count). The Balaban J connectivity index is 0.000000225. The highest BCUT2D eigenvalue weighted by atomic mass is 16.6. The second-order valence-corrected chi connectivity index (χ2v) is 34.3. The monoisotopic (exact) mass is 1710 g/mol. The maximum Gasteiger partial charge on any atom is 0.323 e. The summed E-state index contributed by atoms with van der Waals surface area (Å²) in [6.45, 7) is 17.6. The minimum atomic E-state index is -3.12. The number of benzene rings is 4. The zero-order chi connectivity index (χ0) is 116. The number of rotatable bonds is 28. The van der Waals surface area contributed by atoms with Crippen molar-refractivity contribution in [1.82, 2.24) is 19.6 Å². The highest BCUT2D eigenvalue weighted by molar-refractivity contribution is 5.77. The van der Waals surface area contributed by atoms with E-state index < -0.39 is 257 Å². The fourth-order valence-electron chi connectivity index (χ4n) is 15.1.